The van der Waals surface area contributed by atoms with Gasteiger partial charge in [-0.25, -0.2) is 9.97 Å². The van der Waals surface area contributed by atoms with Crippen LogP contribution < -0.4 is 5.32 Å². The summed E-state index contributed by atoms with van der Waals surface area (Å²) in [6, 6.07) is 1.31. The first-order valence-electron chi connectivity index (χ1n) is 6.72. The van der Waals surface area contributed by atoms with E-state index in [0.29, 0.717) is 6.54 Å². The Morgan fingerprint density at radius 2 is 1.95 bits per heavy atom. The van der Waals surface area contributed by atoms with Gasteiger partial charge in [-0.3, -0.25) is 0 Å². The summed E-state index contributed by atoms with van der Waals surface area (Å²) in [6.45, 7) is 4.65. The van der Waals surface area contributed by atoms with Crippen molar-refractivity contribution in [3.63, 3.8) is 0 Å². The lowest BCUT2D eigenvalue weighted by Crippen LogP contribution is -2.40. The van der Waals surface area contributed by atoms with Gasteiger partial charge in [-0.15, -0.1) is 0 Å². The molecule has 0 amide bonds. The molecule has 1 aliphatic rings. The number of likely N-dealkylation sites (tertiary alicyclic amines) is 1. The van der Waals surface area contributed by atoms with Crippen LogP contribution in [0.5, 0.6) is 0 Å². The number of alkyl halides is 3. The van der Waals surface area contributed by atoms with Crippen molar-refractivity contribution in [2.75, 3.05) is 32.0 Å². The topological polar surface area (TPSA) is 41.0 Å². The minimum absolute atomic E-state index is 0.0440. The average molecular weight is 323 g/mol. The summed E-state index contributed by atoms with van der Waals surface area (Å²) in [5, 5.41) is 2.75. The third-order valence-electron chi connectivity index (χ3n) is 3.84. The summed E-state index contributed by atoms with van der Waals surface area (Å²) < 4.78 is 37.9. The summed E-state index contributed by atoms with van der Waals surface area (Å²) in [4.78, 5) is 8.94. The van der Waals surface area contributed by atoms with Crippen LogP contribution in [-0.4, -0.2) is 41.5 Å². The maximum atomic E-state index is 12.6. The third kappa shape index (κ3) is 4.44. The Bertz CT molecular complexity index is 499. The van der Waals surface area contributed by atoms with Crippen molar-refractivity contribution < 1.29 is 13.2 Å². The Labute approximate surface area is 126 Å². The van der Waals surface area contributed by atoms with Crippen molar-refractivity contribution in [3.8, 4) is 0 Å². The molecule has 2 rings (SSSR count). The van der Waals surface area contributed by atoms with Crippen LogP contribution in [0, 0.1) is 5.41 Å². The Balaban J connectivity index is 2.05. The molecular weight excluding hydrogens is 305 g/mol. The van der Waals surface area contributed by atoms with Gasteiger partial charge < -0.3 is 10.2 Å². The molecule has 0 saturated carbocycles. The zero-order valence-corrected chi connectivity index (χ0v) is 12.7. The van der Waals surface area contributed by atoms with E-state index in [1.807, 2.05) is 0 Å². The van der Waals surface area contributed by atoms with E-state index in [4.69, 9.17) is 11.6 Å². The van der Waals surface area contributed by atoms with Crippen molar-refractivity contribution in [2.24, 2.45) is 5.41 Å². The highest BCUT2D eigenvalue weighted by molar-refractivity contribution is 6.29. The van der Waals surface area contributed by atoms with Gasteiger partial charge in [0.2, 0.25) is 5.82 Å². The zero-order chi connectivity index (χ0) is 15.7. The molecule has 0 unspecified atom stereocenters. The first-order chi connectivity index (χ1) is 9.68. The van der Waals surface area contributed by atoms with Gasteiger partial charge in [0.15, 0.2) is 0 Å². The minimum atomic E-state index is -4.60. The monoisotopic (exact) mass is 322 g/mol. The number of hydrogen-bond acceptors (Lipinski definition) is 4. The summed E-state index contributed by atoms with van der Waals surface area (Å²) in [6.07, 6.45) is -2.62. The molecule has 2 heterocycles. The summed E-state index contributed by atoms with van der Waals surface area (Å²) in [5.41, 5.74) is 0.0440. The number of aromatic nitrogens is 2. The molecule has 1 aromatic rings. The predicted molar refractivity (Wildman–Crippen MR) is 75.4 cm³/mol. The van der Waals surface area contributed by atoms with Gasteiger partial charge in [-0.2, -0.15) is 13.2 Å². The number of hydrogen-bond donors (Lipinski definition) is 1. The SMILES string of the molecule is CN1CCC(C)(CNc2cc(Cl)nc(C(F)(F)F)n2)CC1. The molecule has 0 aromatic carbocycles. The largest absolute Gasteiger partial charge is 0.451 e. The van der Waals surface area contributed by atoms with Crippen LogP contribution in [-0.2, 0) is 6.18 Å². The highest BCUT2D eigenvalue weighted by atomic mass is 35.5. The second-order valence-corrected chi connectivity index (χ2v) is 6.25. The number of piperidine rings is 1. The van der Waals surface area contributed by atoms with Crippen molar-refractivity contribution in [2.45, 2.75) is 25.9 Å². The fraction of sp³-hybridized carbons (Fsp3) is 0.692. The van der Waals surface area contributed by atoms with Crippen molar-refractivity contribution >= 4 is 17.4 Å². The van der Waals surface area contributed by atoms with E-state index in [2.05, 4.69) is 34.2 Å². The van der Waals surface area contributed by atoms with E-state index >= 15 is 0 Å². The third-order valence-corrected chi connectivity index (χ3v) is 4.03. The molecule has 1 aliphatic heterocycles. The molecule has 21 heavy (non-hydrogen) atoms. The maximum absolute atomic E-state index is 12.6. The molecule has 1 fully saturated rings. The van der Waals surface area contributed by atoms with E-state index in [1.54, 1.807) is 0 Å². The Kier molecular flexibility index (Phi) is 4.63. The van der Waals surface area contributed by atoms with Gasteiger partial charge in [0.1, 0.15) is 11.0 Å². The summed E-state index contributed by atoms with van der Waals surface area (Å²) >= 11 is 5.63. The lowest BCUT2D eigenvalue weighted by atomic mass is 9.80. The molecule has 4 nitrogen and oxygen atoms in total. The van der Waals surface area contributed by atoms with Gasteiger partial charge in [-0.05, 0) is 38.4 Å². The quantitative estimate of drug-likeness (QED) is 0.867. The normalized spacial score (nSPS) is 19.5. The highest BCUT2D eigenvalue weighted by Crippen LogP contribution is 2.32. The summed E-state index contributed by atoms with van der Waals surface area (Å²) in [5.74, 6) is -1.10. The smallest absolute Gasteiger partial charge is 0.369 e. The predicted octanol–water partition coefficient (Wildman–Crippen LogP) is 3.29. The second-order valence-electron chi connectivity index (χ2n) is 5.86. The molecule has 1 saturated heterocycles. The van der Waals surface area contributed by atoms with Gasteiger partial charge in [0, 0.05) is 12.6 Å². The first-order valence-corrected chi connectivity index (χ1v) is 7.10. The van der Waals surface area contributed by atoms with E-state index in [0.717, 1.165) is 25.9 Å². The van der Waals surface area contributed by atoms with E-state index in [-0.39, 0.29) is 16.4 Å². The lowest BCUT2D eigenvalue weighted by molar-refractivity contribution is -0.144. The van der Waals surface area contributed by atoms with Gasteiger partial charge in [0.25, 0.3) is 0 Å². The molecule has 0 bridgehead atoms. The number of nitrogens with one attached hydrogen (secondary N) is 1. The minimum Gasteiger partial charge on any atom is -0.369 e. The molecule has 0 radical (unpaired) electrons. The molecule has 118 valence electrons. The fourth-order valence-electron chi connectivity index (χ4n) is 2.27. The van der Waals surface area contributed by atoms with Crippen LogP contribution in [0.4, 0.5) is 19.0 Å². The van der Waals surface area contributed by atoms with Crippen molar-refractivity contribution in [1.29, 1.82) is 0 Å². The molecular formula is C13H18ClF3N4. The van der Waals surface area contributed by atoms with E-state index in [1.165, 1.54) is 6.07 Å². The van der Waals surface area contributed by atoms with Crippen molar-refractivity contribution in [3.05, 3.63) is 17.0 Å². The molecule has 8 heteroatoms. The Hall–Kier alpha value is -1.08. The molecule has 0 spiro atoms. The van der Waals surface area contributed by atoms with Gasteiger partial charge in [0.05, 0.1) is 0 Å². The summed E-state index contributed by atoms with van der Waals surface area (Å²) in [7, 11) is 2.06. The Morgan fingerprint density at radius 3 is 2.52 bits per heavy atom. The van der Waals surface area contributed by atoms with Crippen LogP contribution in [0.1, 0.15) is 25.6 Å². The second kappa shape index (κ2) is 5.96. The van der Waals surface area contributed by atoms with Crippen LogP contribution >= 0.6 is 11.6 Å². The molecule has 1 aromatic heterocycles. The van der Waals surface area contributed by atoms with E-state index < -0.39 is 12.0 Å². The number of anilines is 1. The van der Waals surface area contributed by atoms with Crippen LogP contribution in [0.25, 0.3) is 0 Å². The fourth-order valence-corrected chi connectivity index (χ4v) is 2.46. The molecule has 0 atom stereocenters. The van der Waals surface area contributed by atoms with Crippen LogP contribution in [0.3, 0.4) is 0 Å². The maximum Gasteiger partial charge on any atom is 0.451 e. The zero-order valence-electron chi connectivity index (χ0n) is 12.0. The number of rotatable bonds is 3. The first kappa shape index (κ1) is 16.3. The average Bonchev–Trinajstić information content (AvgIpc) is 2.39. The van der Waals surface area contributed by atoms with Crippen LogP contribution in [0.15, 0.2) is 6.07 Å². The van der Waals surface area contributed by atoms with Gasteiger partial charge in [-0.1, -0.05) is 18.5 Å². The van der Waals surface area contributed by atoms with Gasteiger partial charge >= 0.3 is 6.18 Å². The Morgan fingerprint density at radius 1 is 1.33 bits per heavy atom. The highest BCUT2D eigenvalue weighted by Gasteiger charge is 2.35. The lowest BCUT2D eigenvalue weighted by Gasteiger charge is -2.38. The van der Waals surface area contributed by atoms with E-state index in [9.17, 15) is 13.2 Å². The number of nitrogens with zero attached hydrogens (tertiary/aromatic N) is 3. The molecule has 0 aliphatic carbocycles. The van der Waals surface area contributed by atoms with Crippen molar-refractivity contribution in [1.82, 2.24) is 14.9 Å². The van der Waals surface area contributed by atoms with Crippen LogP contribution in [0.2, 0.25) is 5.15 Å². The number of halogens is 4. The standard InChI is InChI=1S/C13H18ClF3N4/c1-12(3-5-21(2)6-4-12)8-18-10-7-9(14)19-11(20-10)13(15,16)17/h7H,3-6,8H2,1-2H3,(H,18,19,20). The molecule has 1 N–H and O–H groups in total.